The number of anilines is 1. The third-order valence-electron chi connectivity index (χ3n) is 4.27. The molecule has 0 bridgehead atoms. The second-order valence-corrected chi connectivity index (χ2v) is 6.89. The molecule has 6 heteroatoms. The third-order valence-corrected chi connectivity index (χ3v) is 5.03. The molecule has 0 saturated heterocycles. The van der Waals surface area contributed by atoms with Gasteiger partial charge >= 0.3 is 5.63 Å². The van der Waals surface area contributed by atoms with E-state index in [4.69, 9.17) is 4.42 Å². The first kappa shape index (κ1) is 17.2. The summed E-state index contributed by atoms with van der Waals surface area (Å²) >= 11 is 1.31. The Hall–Kier alpha value is -3.25. The van der Waals surface area contributed by atoms with Crippen LogP contribution in [0.3, 0.4) is 0 Å². The predicted molar refractivity (Wildman–Crippen MR) is 107 cm³/mol. The van der Waals surface area contributed by atoms with Gasteiger partial charge in [0.25, 0.3) is 5.91 Å². The van der Waals surface area contributed by atoms with Crippen LogP contribution in [0.1, 0.15) is 22.8 Å². The van der Waals surface area contributed by atoms with Crippen molar-refractivity contribution in [2.45, 2.75) is 13.3 Å². The Balaban J connectivity index is 1.57. The first-order valence-electron chi connectivity index (χ1n) is 8.53. The van der Waals surface area contributed by atoms with E-state index >= 15 is 0 Å². The van der Waals surface area contributed by atoms with Crippen molar-refractivity contribution in [2.24, 2.45) is 0 Å². The molecule has 1 N–H and O–H groups in total. The van der Waals surface area contributed by atoms with Gasteiger partial charge in [0.1, 0.15) is 11.1 Å². The Morgan fingerprint density at radius 1 is 1.15 bits per heavy atom. The number of nitrogens with zero attached hydrogens (tertiary/aromatic N) is 1. The first-order chi connectivity index (χ1) is 13.1. The summed E-state index contributed by atoms with van der Waals surface area (Å²) in [4.78, 5) is 29.1. The van der Waals surface area contributed by atoms with Gasteiger partial charge in [0.2, 0.25) is 0 Å². The zero-order valence-corrected chi connectivity index (χ0v) is 15.4. The van der Waals surface area contributed by atoms with Crippen LogP contribution in [0.25, 0.3) is 22.2 Å². The second-order valence-electron chi connectivity index (χ2n) is 6.03. The van der Waals surface area contributed by atoms with E-state index in [2.05, 4.69) is 29.4 Å². The lowest BCUT2D eigenvalue weighted by Gasteiger charge is -2.02. The van der Waals surface area contributed by atoms with Crippen LogP contribution in [0.4, 0.5) is 5.13 Å². The molecule has 0 spiro atoms. The van der Waals surface area contributed by atoms with Gasteiger partial charge in [-0.05, 0) is 24.1 Å². The molecule has 2 aromatic carbocycles. The molecule has 0 radical (unpaired) electrons. The fourth-order valence-corrected chi connectivity index (χ4v) is 3.47. The highest BCUT2D eigenvalue weighted by Gasteiger charge is 2.15. The van der Waals surface area contributed by atoms with Crippen LogP contribution in [0.5, 0.6) is 0 Å². The zero-order chi connectivity index (χ0) is 18.8. The van der Waals surface area contributed by atoms with Crippen molar-refractivity contribution in [3.63, 3.8) is 0 Å². The van der Waals surface area contributed by atoms with Crippen LogP contribution in [-0.2, 0) is 6.42 Å². The smallest absolute Gasteiger partial charge is 0.349 e. The zero-order valence-electron chi connectivity index (χ0n) is 14.6. The summed E-state index contributed by atoms with van der Waals surface area (Å²) in [5.74, 6) is -0.531. The van der Waals surface area contributed by atoms with Gasteiger partial charge in [0, 0.05) is 16.3 Å². The van der Waals surface area contributed by atoms with E-state index in [1.165, 1.54) is 23.0 Å². The lowest BCUT2D eigenvalue weighted by molar-refractivity contribution is 0.102. The number of aryl methyl sites for hydroxylation is 1. The third kappa shape index (κ3) is 3.52. The fraction of sp³-hybridized carbons (Fsp3) is 0.0952. The van der Waals surface area contributed by atoms with Gasteiger partial charge in [0.05, 0.1) is 5.69 Å². The van der Waals surface area contributed by atoms with Gasteiger partial charge in [0.15, 0.2) is 5.13 Å². The number of fused-ring (bicyclic) bond motifs is 1. The highest BCUT2D eigenvalue weighted by molar-refractivity contribution is 7.14. The van der Waals surface area contributed by atoms with Crippen LogP contribution < -0.4 is 10.9 Å². The lowest BCUT2D eigenvalue weighted by atomic mass is 10.1. The van der Waals surface area contributed by atoms with Crippen molar-refractivity contribution in [1.82, 2.24) is 4.98 Å². The van der Waals surface area contributed by atoms with Crippen LogP contribution >= 0.6 is 11.3 Å². The minimum atomic E-state index is -0.668. The van der Waals surface area contributed by atoms with E-state index in [1.807, 2.05) is 23.6 Å². The molecule has 5 nitrogen and oxygen atoms in total. The van der Waals surface area contributed by atoms with Gasteiger partial charge in [-0.2, -0.15) is 0 Å². The number of carbonyl (C=O) groups excluding carboxylic acids is 1. The van der Waals surface area contributed by atoms with Crippen LogP contribution in [0.15, 0.2) is 69.2 Å². The molecule has 1 amide bonds. The van der Waals surface area contributed by atoms with Gasteiger partial charge in [-0.25, -0.2) is 9.78 Å². The minimum absolute atomic E-state index is 0.0438. The molecule has 4 rings (SSSR count). The van der Waals surface area contributed by atoms with E-state index in [9.17, 15) is 9.59 Å². The van der Waals surface area contributed by atoms with E-state index in [1.54, 1.807) is 18.2 Å². The number of benzene rings is 2. The summed E-state index contributed by atoms with van der Waals surface area (Å²) in [6.45, 7) is 2.11. The van der Waals surface area contributed by atoms with Crippen molar-refractivity contribution in [1.29, 1.82) is 0 Å². The summed E-state index contributed by atoms with van der Waals surface area (Å²) in [5, 5.41) is 5.68. The number of nitrogens with one attached hydrogen (secondary N) is 1. The Kier molecular flexibility index (Phi) is 4.56. The molecule has 0 saturated carbocycles. The average molecular weight is 376 g/mol. The topological polar surface area (TPSA) is 72.2 Å². The monoisotopic (exact) mass is 376 g/mol. The van der Waals surface area contributed by atoms with Gasteiger partial charge in [-0.15, -0.1) is 11.3 Å². The van der Waals surface area contributed by atoms with Gasteiger partial charge in [-0.3, -0.25) is 10.1 Å². The molecule has 27 heavy (non-hydrogen) atoms. The lowest BCUT2D eigenvalue weighted by Crippen LogP contribution is -2.20. The Morgan fingerprint density at radius 3 is 2.70 bits per heavy atom. The van der Waals surface area contributed by atoms with Crippen molar-refractivity contribution in [3.8, 4) is 11.3 Å². The van der Waals surface area contributed by atoms with E-state index in [-0.39, 0.29) is 5.56 Å². The maximum Gasteiger partial charge on any atom is 0.349 e. The standard InChI is InChI=1S/C21H16N2O3S/c1-2-13-7-9-14(10-8-13)17-12-27-21(22-17)23-19(24)16-11-15-5-3-4-6-18(15)26-20(16)25/h3-12H,2H2,1H3,(H,22,23,24). The fourth-order valence-electron chi connectivity index (χ4n) is 2.76. The minimum Gasteiger partial charge on any atom is -0.422 e. The first-order valence-corrected chi connectivity index (χ1v) is 9.41. The molecule has 0 fully saturated rings. The van der Waals surface area contributed by atoms with Crippen molar-refractivity contribution in [2.75, 3.05) is 5.32 Å². The molecule has 0 aliphatic heterocycles. The molecule has 0 atom stereocenters. The average Bonchev–Trinajstić information content (AvgIpc) is 3.16. The molecular weight excluding hydrogens is 360 g/mol. The number of hydrogen-bond donors (Lipinski definition) is 1. The number of para-hydroxylation sites is 1. The van der Waals surface area contributed by atoms with Gasteiger partial charge in [-0.1, -0.05) is 49.4 Å². The molecular formula is C21H16N2O3S. The van der Waals surface area contributed by atoms with Crippen LogP contribution in [0, 0.1) is 0 Å². The number of thiazole rings is 1. The number of aromatic nitrogens is 1. The van der Waals surface area contributed by atoms with Crippen molar-refractivity contribution < 1.29 is 9.21 Å². The number of amides is 1. The molecule has 0 unspecified atom stereocenters. The number of hydrogen-bond acceptors (Lipinski definition) is 5. The Bertz CT molecular complexity index is 1180. The highest BCUT2D eigenvalue weighted by atomic mass is 32.1. The number of carbonyl (C=O) groups is 1. The summed E-state index contributed by atoms with van der Waals surface area (Å²) in [5.41, 5.74) is 2.75. The largest absolute Gasteiger partial charge is 0.422 e. The van der Waals surface area contributed by atoms with Gasteiger partial charge < -0.3 is 4.42 Å². The molecule has 134 valence electrons. The van der Waals surface area contributed by atoms with E-state index < -0.39 is 11.5 Å². The summed E-state index contributed by atoms with van der Waals surface area (Å²) < 4.78 is 5.21. The molecule has 0 aliphatic carbocycles. The maximum atomic E-state index is 12.5. The number of rotatable bonds is 4. The molecule has 2 heterocycles. The second kappa shape index (κ2) is 7.17. The van der Waals surface area contributed by atoms with Crippen molar-refractivity contribution >= 4 is 33.3 Å². The van der Waals surface area contributed by atoms with E-state index in [0.717, 1.165) is 17.7 Å². The Morgan fingerprint density at radius 2 is 1.93 bits per heavy atom. The summed E-state index contributed by atoms with van der Waals surface area (Å²) in [7, 11) is 0. The maximum absolute atomic E-state index is 12.5. The molecule has 2 aromatic heterocycles. The van der Waals surface area contributed by atoms with E-state index in [0.29, 0.717) is 16.1 Å². The van der Waals surface area contributed by atoms with Crippen molar-refractivity contribution in [3.05, 3.63) is 81.5 Å². The quantitative estimate of drug-likeness (QED) is 0.523. The normalized spacial score (nSPS) is 10.9. The summed E-state index contributed by atoms with van der Waals surface area (Å²) in [6, 6.07) is 16.8. The SMILES string of the molecule is CCc1ccc(-c2csc(NC(=O)c3cc4ccccc4oc3=O)n2)cc1. The predicted octanol–water partition coefficient (Wildman–Crippen LogP) is 4.73. The summed E-state index contributed by atoms with van der Waals surface area (Å²) in [6.07, 6.45) is 0.979. The molecule has 4 aromatic rings. The highest BCUT2D eigenvalue weighted by Crippen LogP contribution is 2.25. The Labute approximate surface area is 159 Å². The molecule has 0 aliphatic rings. The van der Waals surface area contributed by atoms with Crippen LogP contribution in [0.2, 0.25) is 0 Å². The van der Waals surface area contributed by atoms with Crippen LogP contribution in [-0.4, -0.2) is 10.9 Å².